The van der Waals surface area contributed by atoms with Gasteiger partial charge in [-0.1, -0.05) is 73.1 Å². The van der Waals surface area contributed by atoms with Gasteiger partial charge in [0.1, 0.15) is 0 Å². The van der Waals surface area contributed by atoms with Gasteiger partial charge in [0, 0.05) is 19.3 Å². The molecule has 0 aliphatic heterocycles. The Morgan fingerprint density at radius 2 is 1.88 bits per heavy atom. The molecule has 0 aromatic heterocycles. The number of esters is 1. The van der Waals surface area contributed by atoms with Crippen molar-refractivity contribution in [3.8, 4) is 23.7 Å². The number of rotatable bonds is 3. The van der Waals surface area contributed by atoms with E-state index in [2.05, 4.69) is 47.9 Å². The van der Waals surface area contributed by atoms with Crippen LogP contribution in [0, 0.1) is 23.7 Å². The van der Waals surface area contributed by atoms with Crippen LogP contribution in [-0.2, 0) is 9.53 Å². The number of carbonyl (C=O) groups excluding carboxylic acids is 1. The van der Waals surface area contributed by atoms with Gasteiger partial charge in [-0.05, 0) is 35.3 Å². The molecule has 0 heterocycles. The molecule has 3 rings (SSSR count). The van der Waals surface area contributed by atoms with Crippen LogP contribution in [0.25, 0.3) is 16.8 Å². The van der Waals surface area contributed by atoms with E-state index in [4.69, 9.17) is 4.74 Å². The van der Waals surface area contributed by atoms with Crippen molar-refractivity contribution in [2.45, 2.75) is 45.1 Å². The normalized spacial score (nSPS) is 18.3. The third-order valence-electron chi connectivity index (χ3n) is 4.27. The first kappa shape index (κ1) is 17.8. The van der Waals surface area contributed by atoms with Crippen LogP contribution < -0.4 is 0 Å². The zero-order valence-electron chi connectivity index (χ0n) is 15.0. The van der Waals surface area contributed by atoms with Crippen molar-refractivity contribution in [1.29, 1.82) is 0 Å². The maximum atomic E-state index is 11.9. The predicted molar refractivity (Wildman–Crippen MR) is 106 cm³/mol. The number of benzene rings is 2. The standard InChI is InChI=1S/C24H22O2/c1-2-24(25)26-23-17-8-6-4-3-5-7-13-21(23)18-20-15-11-14-19-12-9-10-16-22(19)20/h9-12,14-16,18,23H,2-6H2,1H3/b21-18-. The Balaban J connectivity index is 2.07. The molecule has 2 heteroatoms. The quantitative estimate of drug-likeness (QED) is 0.571. The van der Waals surface area contributed by atoms with Crippen LogP contribution in [-0.4, -0.2) is 12.1 Å². The average molecular weight is 342 g/mol. The van der Waals surface area contributed by atoms with E-state index < -0.39 is 6.10 Å². The highest BCUT2D eigenvalue weighted by atomic mass is 16.5. The first-order valence-electron chi connectivity index (χ1n) is 9.14. The zero-order valence-corrected chi connectivity index (χ0v) is 15.0. The van der Waals surface area contributed by atoms with Crippen molar-refractivity contribution in [2.24, 2.45) is 0 Å². The van der Waals surface area contributed by atoms with Crippen molar-refractivity contribution >= 4 is 22.8 Å². The molecule has 0 N–H and O–H groups in total. The average Bonchev–Trinajstić information content (AvgIpc) is 2.68. The van der Waals surface area contributed by atoms with Crippen LogP contribution in [0.5, 0.6) is 0 Å². The summed E-state index contributed by atoms with van der Waals surface area (Å²) in [6.45, 7) is 1.79. The summed E-state index contributed by atoms with van der Waals surface area (Å²) in [6.07, 6.45) is 5.45. The highest BCUT2D eigenvalue weighted by molar-refractivity contribution is 5.91. The molecular weight excluding hydrogens is 320 g/mol. The van der Waals surface area contributed by atoms with Gasteiger partial charge in [0.05, 0.1) is 5.57 Å². The molecule has 0 fully saturated rings. The smallest absolute Gasteiger partial charge is 0.307 e. The van der Waals surface area contributed by atoms with E-state index in [1.54, 1.807) is 6.92 Å². The van der Waals surface area contributed by atoms with Gasteiger partial charge in [0.25, 0.3) is 0 Å². The third kappa shape index (κ3) is 4.56. The molecule has 130 valence electrons. The molecule has 1 aliphatic rings. The summed E-state index contributed by atoms with van der Waals surface area (Å²) in [5, 5.41) is 2.32. The molecule has 0 bridgehead atoms. The van der Waals surface area contributed by atoms with Gasteiger partial charge in [-0.25, -0.2) is 0 Å². The molecule has 2 aromatic carbocycles. The van der Waals surface area contributed by atoms with Crippen LogP contribution in [0.4, 0.5) is 0 Å². The lowest BCUT2D eigenvalue weighted by atomic mass is 10.00. The van der Waals surface area contributed by atoms with Gasteiger partial charge in [0.2, 0.25) is 0 Å². The van der Waals surface area contributed by atoms with E-state index in [1.165, 1.54) is 5.39 Å². The van der Waals surface area contributed by atoms with Crippen LogP contribution in [0.2, 0.25) is 0 Å². The first-order valence-corrected chi connectivity index (χ1v) is 9.14. The lowest BCUT2D eigenvalue weighted by molar-refractivity contribution is -0.144. The van der Waals surface area contributed by atoms with Crippen LogP contribution >= 0.6 is 0 Å². The second-order valence-electron chi connectivity index (χ2n) is 6.22. The summed E-state index contributed by atoms with van der Waals surface area (Å²) in [4.78, 5) is 11.9. The Morgan fingerprint density at radius 1 is 1.12 bits per heavy atom. The van der Waals surface area contributed by atoms with E-state index in [0.29, 0.717) is 6.42 Å². The van der Waals surface area contributed by atoms with E-state index in [-0.39, 0.29) is 5.97 Å². The van der Waals surface area contributed by atoms with E-state index in [1.807, 2.05) is 24.3 Å². The molecule has 2 aromatic rings. The first-order chi connectivity index (χ1) is 12.8. The highest BCUT2D eigenvalue weighted by Crippen LogP contribution is 2.22. The van der Waals surface area contributed by atoms with Crippen molar-refractivity contribution in [3.05, 3.63) is 53.6 Å². The Bertz CT molecular complexity index is 939. The molecule has 0 radical (unpaired) electrons. The Hall–Kier alpha value is -2.97. The van der Waals surface area contributed by atoms with E-state index in [0.717, 1.165) is 42.2 Å². The molecule has 0 saturated carbocycles. The summed E-state index contributed by atoms with van der Waals surface area (Å²) in [7, 11) is 0. The van der Waals surface area contributed by atoms with E-state index >= 15 is 0 Å². The summed E-state index contributed by atoms with van der Waals surface area (Å²) >= 11 is 0. The van der Waals surface area contributed by atoms with Crippen molar-refractivity contribution < 1.29 is 9.53 Å². The lowest BCUT2D eigenvalue weighted by Crippen LogP contribution is -2.18. The zero-order chi connectivity index (χ0) is 18.2. The molecule has 0 spiro atoms. The maximum Gasteiger partial charge on any atom is 0.307 e. The second-order valence-corrected chi connectivity index (χ2v) is 6.22. The molecule has 1 atom stereocenters. The molecule has 26 heavy (non-hydrogen) atoms. The largest absolute Gasteiger partial charge is 0.443 e. The number of carbonyl (C=O) groups is 1. The molecular formula is C24H22O2. The molecule has 0 amide bonds. The van der Waals surface area contributed by atoms with E-state index in [9.17, 15) is 4.79 Å². The molecule has 0 saturated heterocycles. The predicted octanol–water partition coefficient (Wildman–Crippen LogP) is 5.13. The molecule has 1 unspecified atom stereocenters. The minimum Gasteiger partial charge on any atom is -0.443 e. The SMILES string of the molecule is CCC(=O)OC1C#CCCCCC#C/C1=C/c1cccc2ccccc12. The van der Waals surface area contributed by atoms with Crippen molar-refractivity contribution in [3.63, 3.8) is 0 Å². The summed E-state index contributed by atoms with van der Waals surface area (Å²) in [6, 6.07) is 14.4. The topological polar surface area (TPSA) is 26.3 Å². The third-order valence-corrected chi connectivity index (χ3v) is 4.27. The van der Waals surface area contributed by atoms with Crippen LogP contribution in [0.1, 0.15) is 44.6 Å². The fourth-order valence-electron chi connectivity index (χ4n) is 2.86. The van der Waals surface area contributed by atoms with Crippen molar-refractivity contribution in [2.75, 3.05) is 0 Å². The minimum atomic E-state index is -0.605. The second kappa shape index (κ2) is 8.93. The Kier molecular flexibility index (Phi) is 6.13. The molecule has 2 nitrogen and oxygen atoms in total. The number of ether oxygens (including phenoxy) is 1. The number of fused-ring (bicyclic) bond motifs is 1. The monoisotopic (exact) mass is 342 g/mol. The summed E-state index contributed by atoms with van der Waals surface area (Å²) in [5.74, 6) is 12.4. The highest BCUT2D eigenvalue weighted by Gasteiger charge is 2.16. The van der Waals surface area contributed by atoms with Gasteiger partial charge < -0.3 is 4.74 Å². The van der Waals surface area contributed by atoms with Crippen molar-refractivity contribution in [1.82, 2.24) is 0 Å². The van der Waals surface area contributed by atoms with Crippen LogP contribution in [0.15, 0.2) is 48.0 Å². The Morgan fingerprint density at radius 3 is 2.73 bits per heavy atom. The molecule has 1 aliphatic carbocycles. The van der Waals surface area contributed by atoms with Crippen LogP contribution in [0.3, 0.4) is 0 Å². The fraction of sp³-hybridized carbons (Fsp3) is 0.292. The minimum absolute atomic E-state index is 0.257. The van der Waals surface area contributed by atoms with Gasteiger partial charge >= 0.3 is 5.97 Å². The number of hydrogen-bond acceptors (Lipinski definition) is 2. The summed E-state index contributed by atoms with van der Waals surface area (Å²) < 4.78 is 5.59. The summed E-state index contributed by atoms with van der Waals surface area (Å²) in [5.41, 5.74) is 1.81. The number of hydrogen-bond donors (Lipinski definition) is 0. The Labute approximate surface area is 155 Å². The van der Waals surface area contributed by atoms with Gasteiger partial charge in [-0.2, -0.15) is 0 Å². The van der Waals surface area contributed by atoms with Gasteiger partial charge in [-0.15, -0.1) is 0 Å². The lowest BCUT2D eigenvalue weighted by Gasteiger charge is -2.13. The maximum absolute atomic E-state index is 11.9. The fourth-order valence-corrected chi connectivity index (χ4v) is 2.86. The van der Waals surface area contributed by atoms with Gasteiger partial charge in [-0.3, -0.25) is 4.79 Å². The van der Waals surface area contributed by atoms with Gasteiger partial charge in [0.15, 0.2) is 6.10 Å².